The lowest BCUT2D eigenvalue weighted by Crippen LogP contribution is -2.58. The standard InChI is InChI=1S/C13H23FN2Si/c1-12(2,3)17(14,13(4,5)6)10-7-8-11(15)16-9-10/h7-9H,1-6H3,(H2,15,16). The predicted molar refractivity (Wildman–Crippen MR) is 74.6 cm³/mol. The van der Waals surface area contributed by atoms with Gasteiger partial charge in [-0.3, -0.25) is 0 Å². The number of pyridine rings is 1. The SMILES string of the molecule is CC(C)(C)[Si](F)(c1ccc(N)nc1)C(C)(C)C. The van der Waals surface area contributed by atoms with E-state index in [4.69, 9.17) is 5.73 Å². The summed E-state index contributed by atoms with van der Waals surface area (Å²) in [7, 11) is -3.17. The Hall–Kier alpha value is -0.903. The molecule has 0 aliphatic heterocycles. The summed E-state index contributed by atoms with van der Waals surface area (Å²) in [5, 5.41) is -0.0155. The number of nitrogens with two attached hydrogens (primary N) is 1. The van der Waals surface area contributed by atoms with Crippen LogP contribution in [-0.4, -0.2) is 13.4 Å². The van der Waals surface area contributed by atoms with Gasteiger partial charge in [-0.05, 0) is 21.3 Å². The van der Waals surface area contributed by atoms with Gasteiger partial charge in [-0.15, -0.1) is 0 Å². The van der Waals surface area contributed by atoms with Gasteiger partial charge < -0.3 is 9.84 Å². The highest BCUT2D eigenvalue weighted by Gasteiger charge is 2.56. The minimum atomic E-state index is -3.17. The number of nitrogen functional groups attached to an aromatic ring is 1. The van der Waals surface area contributed by atoms with Crippen LogP contribution in [0, 0.1) is 0 Å². The molecule has 17 heavy (non-hydrogen) atoms. The molecule has 0 radical (unpaired) electrons. The average Bonchev–Trinajstić information content (AvgIpc) is 2.14. The molecule has 0 spiro atoms. The largest absolute Gasteiger partial charge is 0.384 e. The number of hydrogen-bond acceptors (Lipinski definition) is 2. The Labute approximate surface area is 105 Å². The Kier molecular flexibility index (Phi) is 3.40. The predicted octanol–water partition coefficient (Wildman–Crippen LogP) is 3.39. The summed E-state index contributed by atoms with van der Waals surface area (Å²) in [6.45, 7) is 11.8. The van der Waals surface area contributed by atoms with Gasteiger partial charge in [0.2, 0.25) is 0 Å². The molecule has 0 aromatic carbocycles. The van der Waals surface area contributed by atoms with Gasteiger partial charge in [0.15, 0.2) is 0 Å². The molecule has 0 saturated heterocycles. The third-order valence-corrected chi connectivity index (χ3v) is 8.48. The van der Waals surface area contributed by atoms with Crippen LogP contribution in [0.3, 0.4) is 0 Å². The molecule has 0 bridgehead atoms. The van der Waals surface area contributed by atoms with Crippen molar-refractivity contribution in [3.8, 4) is 0 Å². The summed E-state index contributed by atoms with van der Waals surface area (Å²) < 4.78 is 15.7. The van der Waals surface area contributed by atoms with Gasteiger partial charge in [0, 0.05) is 6.20 Å². The third-order valence-electron chi connectivity index (χ3n) is 3.25. The highest BCUT2D eigenvalue weighted by molar-refractivity contribution is 6.90. The maximum Gasteiger partial charge on any atom is 0.289 e. The Morgan fingerprint density at radius 1 is 1.06 bits per heavy atom. The summed E-state index contributed by atoms with van der Waals surface area (Å²) in [5.74, 6) is 0.438. The molecule has 96 valence electrons. The van der Waals surface area contributed by atoms with E-state index in [-0.39, 0.29) is 10.1 Å². The molecular weight excluding hydrogens is 231 g/mol. The van der Waals surface area contributed by atoms with Crippen molar-refractivity contribution in [2.45, 2.75) is 51.6 Å². The van der Waals surface area contributed by atoms with Crippen LogP contribution < -0.4 is 10.9 Å². The van der Waals surface area contributed by atoms with Crippen molar-refractivity contribution < 1.29 is 4.11 Å². The molecule has 2 nitrogen and oxygen atoms in total. The summed E-state index contributed by atoms with van der Waals surface area (Å²) in [6, 6.07) is 3.49. The van der Waals surface area contributed by atoms with Crippen molar-refractivity contribution >= 4 is 19.4 Å². The maximum atomic E-state index is 15.7. The molecule has 0 fully saturated rings. The smallest absolute Gasteiger partial charge is 0.289 e. The number of hydrogen-bond donors (Lipinski definition) is 1. The first kappa shape index (κ1) is 14.2. The summed E-state index contributed by atoms with van der Waals surface area (Å²) in [5.41, 5.74) is 5.57. The molecule has 1 aromatic rings. The van der Waals surface area contributed by atoms with E-state index in [1.807, 2.05) is 41.5 Å². The Morgan fingerprint density at radius 3 is 1.82 bits per heavy atom. The monoisotopic (exact) mass is 254 g/mol. The fraction of sp³-hybridized carbons (Fsp3) is 0.615. The van der Waals surface area contributed by atoms with Crippen molar-refractivity contribution in [1.82, 2.24) is 4.98 Å². The van der Waals surface area contributed by atoms with E-state index in [2.05, 4.69) is 4.98 Å². The average molecular weight is 254 g/mol. The molecule has 0 unspecified atom stereocenters. The van der Waals surface area contributed by atoms with Crippen LogP contribution in [0.2, 0.25) is 10.1 Å². The molecule has 2 N–H and O–H groups in total. The van der Waals surface area contributed by atoms with E-state index < -0.39 is 8.41 Å². The first-order valence-electron chi connectivity index (χ1n) is 5.91. The first-order valence-corrected chi connectivity index (χ1v) is 7.79. The lowest BCUT2D eigenvalue weighted by atomic mass is 10.2. The topological polar surface area (TPSA) is 38.9 Å². The molecule has 0 aliphatic carbocycles. The Balaban J connectivity index is 3.41. The second-order valence-electron chi connectivity index (χ2n) is 6.63. The zero-order chi connectivity index (χ0) is 13.5. The Morgan fingerprint density at radius 2 is 1.53 bits per heavy atom. The van der Waals surface area contributed by atoms with E-state index >= 15 is 4.11 Å². The molecule has 0 aliphatic rings. The number of anilines is 1. The van der Waals surface area contributed by atoms with E-state index in [9.17, 15) is 0 Å². The second kappa shape index (κ2) is 4.09. The quantitative estimate of drug-likeness (QED) is 0.616. The molecule has 1 rings (SSSR count). The summed E-state index contributed by atoms with van der Waals surface area (Å²) >= 11 is 0. The summed E-state index contributed by atoms with van der Waals surface area (Å²) in [4.78, 5) is 4.04. The molecule has 0 atom stereocenters. The number of aromatic nitrogens is 1. The maximum absolute atomic E-state index is 15.7. The van der Waals surface area contributed by atoms with Gasteiger partial charge in [-0.25, -0.2) is 4.98 Å². The first-order chi connectivity index (χ1) is 7.50. The highest BCUT2D eigenvalue weighted by atomic mass is 28.4. The van der Waals surface area contributed by atoms with Gasteiger partial charge in [0.25, 0.3) is 8.41 Å². The van der Waals surface area contributed by atoms with Crippen molar-refractivity contribution in [1.29, 1.82) is 0 Å². The van der Waals surface area contributed by atoms with Crippen molar-refractivity contribution in [3.05, 3.63) is 18.3 Å². The highest BCUT2D eigenvalue weighted by Crippen LogP contribution is 2.51. The summed E-state index contributed by atoms with van der Waals surface area (Å²) in [6.07, 6.45) is 1.61. The normalized spacial score (nSPS) is 13.8. The lowest BCUT2D eigenvalue weighted by molar-refractivity contribution is 0.534. The molecular formula is C13H23FN2Si. The lowest BCUT2D eigenvalue weighted by Gasteiger charge is -2.44. The van der Waals surface area contributed by atoms with Gasteiger partial charge >= 0.3 is 0 Å². The van der Waals surface area contributed by atoms with Crippen LogP contribution in [0.5, 0.6) is 0 Å². The van der Waals surface area contributed by atoms with Crippen LogP contribution in [0.4, 0.5) is 9.93 Å². The van der Waals surface area contributed by atoms with E-state index in [1.165, 1.54) is 0 Å². The van der Waals surface area contributed by atoms with Crippen LogP contribution in [0.25, 0.3) is 0 Å². The fourth-order valence-corrected chi connectivity index (χ4v) is 7.14. The van der Waals surface area contributed by atoms with E-state index in [0.29, 0.717) is 5.82 Å². The number of nitrogens with zero attached hydrogens (tertiary/aromatic N) is 1. The van der Waals surface area contributed by atoms with Gasteiger partial charge in [0.1, 0.15) is 5.82 Å². The van der Waals surface area contributed by atoms with Gasteiger partial charge in [0.05, 0.1) is 0 Å². The van der Waals surface area contributed by atoms with Crippen LogP contribution in [0.1, 0.15) is 41.5 Å². The third kappa shape index (κ3) is 2.36. The molecule has 1 aromatic heterocycles. The minimum Gasteiger partial charge on any atom is -0.384 e. The van der Waals surface area contributed by atoms with Crippen molar-refractivity contribution in [3.63, 3.8) is 0 Å². The van der Waals surface area contributed by atoms with Crippen molar-refractivity contribution in [2.24, 2.45) is 0 Å². The second-order valence-corrected chi connectivity index (χ2v) is 11.5. The van der Waals surface area contributed by atoms with Crippen LogP contribution in [-0.2, 0) is 0 Å². The Bertz CT molecular complexity index is 373. The van der Waals surface area contributed by atoms with Gasteiger partial charge in [-0.1, -0.05) is 47.6 Å². The number of rotatable bonds is 1. The van der Waals surface area contributed by atoms with Crippen LogP contribution in [0.15, 0.2) is 18.3 Å². The van der Waals surface area contributed by atoms with Crippen LogP contribution >= 0.6 is 0 Å². The molecule has 0 amide bonds. The molecule has 1 heterocycles. The fourth-order valence-electron chi connectivity index (χ4n) is 2.60. The molecule has 0 saturated carbocycles. The van der Waals surface area contributed by atoms with Crippen molar-refractivity contribution in [2.75, 3.05) is 5.73 Å². The van der Waals surface area contributed by atoms with Gasteiger partial charge in [-0.2, -0.15) is 0 Å². The minimum absolute atomic E-state index is 0.372. The van der Waals surface area contributed by atoms with E-state index in [0.717, 1.165) is 5.19 Å². The zero-order valence-corrected chi connectivity index (χ0v) is 12.6. The molecule has 4 heteroatoms. The number of halogens is 1. The van der Waals surface area contributed by atoms with E-state index in [1.54, 1.807) is 18.3 Å². The zero-order valence-electron chi connectivity index (χ0n) is 11.6.